The fraction of sp³-hybridized carbons (Fsp3) is 0.562. The molecule has 1 atom stereocenters. The van der Waals surface area contributed by atoms with Crippen molar-refractivity contribution in [2.45, 2.75) is 38.6 Å². The Kier molecular flexibility index (Phi) is 4.25. The summed E-state index contributed by atoms with van der Waals surface area (Å²) in [6, 6.07) is 10.7. The first kappa shape index (κ1) is 14.1. The van der Waals surface area contributed by atoms with Gasteiger partial charge in [0, 0.05) is 19.1 Å². The van der Waals surface area contributed by atoms with Crippen LogP contribution in [0.3, 0.4) is 0 Å². The topological polar surface area (TPSA) is 41.1 Å². The average Bonchev–Trinajstić information content (AvgIpc) is 2.26. The van der Waals surface area contributed by atoms with Crippen molar-refractivity contribution >= 4 is 5.91 Å². The van der Waals surface area contributed by atoms with Crippen LogP contribution in [0, 0.1) is 5.92 Å². The highest BCUT2D eigenvalue weighted by Gasteiger charge is 2.28. The van der Waals surface area contributed by atoms with E-state index in [1.165, 1.54) is 5.56 Å². The molecule has 2 rings (SSSR count). The van der Waals surface area contributed by atoms with Crippen LogP contribution >= 0.6 is 0 Å². The van der Waals surface area contributed by atoms with Crippen LogP contribution < -0.4 is 10.6 Å². The Morgan fingerprint density at radius 3 is 2.53 bits per heavy atom. The van der Waals surface area contributed by atoms with E-state index in [1.54, 1.807) is 0 Å². The number of benzene rings is 1. The largest absolute Gasteiger partial charge is 0.353 e. The van der Waals surface area contributed by atoms with E-state index in [0.717, 1.165) is 19.5 Å². The van der Waals surface area contributed by atoms with Gasteiger partial charge < -0.3 is 10.6 Å². The highest BCUT2D eigenvalue weighted by molar-refractivity contribution is 5.80. The predicted octanol–water partition coefficient (Wildman–Crippen LogP) is 2.08. The summed E-state index contributed by atoms with van der Waals surface area (Å²) in [7, 11) is 0. The molecule has 0 aromatic heterocycles. The minimum atomic E-state index is 0.0752. The maximum Gasteiger partial charge on any atom is 0.225 e. The molecule has 19 heavy (non-hydrogen) atoms. The minimum absolute atomic E-state index is 0.0752. The molecule has 1 aliphatic rings. The van der Waals surface area contributed by atoms with E-state index in [1.807, 2.05) is 6.07 Å². The third-order valence-corrected chi connectivity index (χ3v) is 3.91. The van der Waals surface area contributed by atoms with Crippen molar-refractivity contribution in [2.24, 2.45) is 5.92 Å². The molecule has 0 aliphatic carbocycles. The summed E-state index contributed by atoms with van der Waals surface area (Å²) < 4.78 is 0. The van der Waals surface area contributed by atoms with E-state index in [9.17, 15) is 4.79 Å². The van der Waals surface area contributed by atoms with Gasteiger partial charge in [0.05, 0.1) is 5.92 Å². The Morgan fingerprint density at radius 2 is 2.00 bits per heavy atom. The first-order chi connectivity index (χ1) is 8.99. The second-order valence-electron chi connectivity index (χ2n) is 6.22. The zero-order chi connectivity index (χ0) is 13.9. The first-order valence-electron chi connectivity index (χ1n) is 7.05. The third-order valence-electron chi connectivity index (χ3n) is 3.91. The summed E-state index contributed by atoms with van der Waals surface area (Å²) in [5, 5.41) is 6.26. The third kappa shape index (κ3) is 3.57. The van der Waals surface area contributed by atoms with Crippen LogP contribution in [0.4, 0.5) is 0 Å². The van der Waals surface area contributed by atoms with E-state index in [4.69, 9.17) is 0 Å². The Hall–Kier alpha value is -1.35. The number of rotatable bonds is 5. The highest BCUT2D eigenvalue weighted by atomic mass is 16.2. The van der Waals surface area contributed by atoms with Gasteiger partial charge in [0.1, 0.15) is 0 Å². The van der Waals surface area contributed by atoms with Gasteiger partial charge in [-0.3, -0.25) is 4.79 Å². The highest BCUT2D eigenvalue weighted by Crippen LogP contribution is 2.28. The predicted molar refractivity (Wildman–Crippen MR) is 78.0 cm³/mol. The maximum atomic E-state index is 11.9. The SMILES string of the molecule is CC(CC(C)(C)c1ccccc1)NC(=O)C1CNC1. The minimum Gasteiger partial charge on any atom is -0.353 e. The lowest BCUT2D eigenvalue weighted by atomic mass is 9.79. The van der Waals surface area contributed by atoms with Crippen LogP contribution in [0.1, 0.15) is 32.8 Å². The van der Waals surface area contributed by atoms with Gasteiger partial charge in [0.2, 0.25) is 5.91 Å². The summed E-state index contributed by atoms with van der Waals surface area (Å²) in [6.07, 6.45) is 0.947. The number of hydrogen-bond acceptors (Lipinski definition) is 2. The second kappa shape index (κ2) is 5.74. The smallest absolute Gasteiger partial charge is 0.225 e. The fourth-order valence-electron chi connectivity index (χ4n) is 2.66. The van der Waals surface area contributed by atoms with E-state index < -0.39 is 0 Å². The van der Waals surface area contributed by atoms with E-state index in [2.05, 4.69) is 55.7 Å². The number of nitrogens with one attached hydrogen (secondary N) is 2. The van der Waals surface area contributed by atoms with E-state index >= 15 is 0 Å². The molecule has 1 aromatic carbocycles. The first-order valence-corrected chi connectivity index (χ1v) is 7.05. The molecule has 0 spiro atoms. The number of hydrogen-bond donors (Lipinski definition) is 2. The van der Waals surface area contributed by atoms with Crippen molar-refractivity contribution in [3.05, 3.63) is 35.9 Å². The molecule has 1 fully saturated rings. The molecular formula is C16H24N2O. The summed E-state index contributed by atoms with van der Waals surface area (Å²) in [6.45, 7) is 8.20. The zero-order valence-corrected chi connectivity index (χ0v) is 12.1. The molecule has 104 valence electrons. The molecule has 2 N–H and O–H groups in total. The Bertz CT molecular complexity index is 424. The molecule has 0 bridgehead atoms. The number of carbonyl (C=O) groups is 1. The van der Waals surface area contributed by atoms with Crippen LogP contribution in [0.25, 0.3) is 0 Å². The Balaban J connectivity index is 1.90. The monoisotopic (exact) mass is 260 g/mol. The van der Waals surface area contributed by atoms with Crippen molar-refractivity contribution in [1.82, 2.24) is 10.6 Å². The van der Waals surface area contributed by atoms with Gasteiger partial charge in [-0.25, -0.2) is 0 Å². The average molecular weight is 260 g/mol. The molecule has 3 heteroatoms. The summed E-state index contributed by atoms with van der Waals surface area (Å²) in [5.41, 5.74) is 1.40. The molecule has 1 aromatic rings. The molecule has 3 nitrogen and oxygen atoms in total. The van der Waals surface area contributed by atoms with Crippen LogP contribution in [0.2, 0.25) is 0 Å². The molecule has 1 saturated heterocycles. The van der Waals surface area contributed by atoms with Crippen LogP contribution in [-0.2, 0) is 10.2 Å². The van der Waals surface area contributed by atoms with Gasteiger partial charge in [-0.2, -0.15) is 0 Å². The van der Waals surface area contributed by atoms with Gasteiger partial charge >= 0.3 is 0 Å². The fourth-order valence-corrected chi connectivity index (χ4v) is 2.66. The summed E-state index contributed by atoms with van der Waals surface area (Å²) in [5.74, 6) is 0.359. The van der Waals surface area contributed by atoms with Crippen LogP contribution in [0.5, 0.6) is 0 Å². The van der Waals surface area contributed by atoms with Crippen molar-refractivity contribution in [1.29, 1.82) is 0 Å². The summed E-state index contributed by atoms with van der Waals surface area (Å²) in [4.78, 5) is 11.9. The van der Waals surface area contributed by atoms with E-state index in [0.29, 0.717) is 0 Å². The lowest BCUT2D eigenvalue weighted by Crippen LogP contribution is -2.52. The normalized spacial score (nSPS) is 17.6. The molecule has 1 aliphatic heterocycles. The molecule has 1 amide bonds. The lowest BCUT2D eigenvalue weighted by molar-refractivity contribution is -0.127. The molecule has 1 unspecified atom stereocenters. The van der Waals surface area contributed by atoms with Gasteiger partial charge in [0.15, 0.2) is 0 Å². The Labute approximate surface area is 115 Å². The van der Waals surface area contributed by atoms with Gasteiger partial charge in [-0.05, 0) is 24.3 Å². The molecular weight excluding hydrogens is 236 g/mol. The Morgan fingerprint density at radius 1 is 1.37 bits per heavy atom. The van der Waals surface area contributed by atoms with Crippen molar-refractivity contribution in [3.8, 4) is 0 Å². The second-order valence-corrected chi connectivity index (χ2v) is 6.22. The van der Waals surface area contributed by atoms with Crippen LogP contribution in [-0.4, -0.2) is 25.0 Å². The standard InChI is InChI=1S/C16H24N2O/c1-12(18-15(19)13-10-17-11-13)9-16(2,3)14-7-5-4-6-8-14/h4-8,12-13,17H,9-11H2,1-3H3,(H,18,19). The van der Waals surface area contributed by atoms with E-state index in [-0.39, 0.29) is 23.3 Å². The lowest BCUT2D eigenvalue weighted by Gasteiger charge is -2.32. The van der Waals surface area contributed by atoms with Gasteiger partial charge in [-0.1, -0.05) is 44.2 Å². The van der Waals surface area contributed by atoms with Crippen molar-refractivity contribution in [3.63, 3.8) is 0 Å². The number of carbonyl (C=O) groups excluding carboxylic acids is 1. The maximum absolute atomic E-state index is 11.9. The van der Waals surface area contributed by atoms with Crippen molar-refractivity contribution < 1.29 is 4.79 Å². The molecule has 1 heterocycles. The van der Waals surface area contributed by atoms with Crippen LogP contribution in [0.15, 0.2) is 30.3 Å². The van der Waals surface area contributed by atoms with Crippen molar-refractivity contribution in [2.75, 3.05) is 13.1 Å². The zero-order valence-electron chi connectivity index (χ0n) is 12.1. The quantitative estimate of drug-likeness (QED) is 0.851. The van der Waals surface area contributed by atoms with Gasteiger partial charge in [-0.15, -0.1) is 0 Å². The number of amides is 1. The molecule has 0 radical (unpaired) electrons. The summed E-state index contributed by atoms with van der Waals surface area (Å²) >= 11 is 0. The molecule has 0 saturated carbocycles. The van der Waals surface area contributed by atoms with Gasteiger partial charge in [0.25, 0.3) is 0 Å².